The van der Waals surface area contributed by atoms with Crippen molar-refractivity contribution in [3.63, 3.8) is 0 Å². The fourth-order valence-electron chi connectivity index (χ4n) is 9.59. The van der Waals surface area contributed by atoms with Crippen LogP contribution in [0.1, 0.15) is 137 Å². The maximum atomic E-state index is 7.23. The van der Waals surface area contributed by atoms with Crippen LogP contribution in [0.2, 0.25) is 39.3 Å². The molecule has 5 aromatic carbocycles. The molecule has 0 saturated heterocycles. The molecule has 0 aliphatic carbocycles. The number of nitrogens with zero attached hydrogens (tertiary/aromatic N) is 2. The van der Waals surface area contributed by atoms with Crippen LogP contribution < -0.4 is 26.8 Å². The molecular formula is C63H77BIrN2OSi2-2. The summed E-state index contributed by atoms with van der Waals surface area (Å²) in [5.41, 5.74) is 16.9. The summed E-state index contributed by atoms with van der Waals surface area (Å²) in [7, 11) is -3.22. The number of pyridine rings is 2. The first-order valence-corrected chi connectivity index (χ1v) is 32.2. The zero-order valence-corrected chi connectivity index (χ0v) is 49.4. The number of aryl methyl sites for hydroxylation is 1. The summed E-state index contributed by atoms with van der Waals surface area (Å²) in [6.45, 7) is 38.9. The van der Waals surface area contributed by atoms with Crippen molar-refractivity contribution in [2.75, 3.05) is 0 Å². The van der Waals surface area contributed by atoms with Gasteiger partial charge in [-0.25, -0.2) is 0 Å². The van der Waals surface area contributed by atoms with Crippen LogP contribution >= 0.6 is 0 Å². The smallest absolute Gasteiger partial charge is 0.242 e. The number of hydrogen-bond donors (Lipinski definition) is 0. The van der Waals surface area contributed by atoms with Crippen LogP contribution in [0.25, 0.3) is 44.5 Å². The molecule has 0 spiro atoms. The Morgan fingerprint density at radius 1 is 0.600 bits per heavy atom. The van der Waals surface area contributed by atoms with Gasteiger partial charge in [-0.2, -0.15) is 0 Å². The van der Waals surface area contributed by atoms with Crippen LogP contribution in [-0.2, 0) is 25.5 Å². The SMILES string of the molecule is CC(C)c1cc([Si](C)(C)C)cc(C(C)C)c1B(c1ccc2c(c1)oc1c(-c3cc(C(C)(C)C)ccn3)[c-]ccc12)c1c(C(C)C)cc([Si](C)(C)C)cc1C(C)C.[2H]C([2H])([2H])c1ccc(-c2[c-]cccc2)nc1.[Ir]. The van der Waals surface area contributed by atoms with E-state index >= 15 is 0 Å². The van der Waals surface area contributed by atoms with Crippen LogP contribution in [0.3, 0.4) is 0 Å². The first-order valence-electron chi connectivity index (χ1n) is 26.7. The molecule has 0 unspecified atom stereocenters. The largest absolute Gasteiger partial charge is 0.501 e. The minimum absolute atomic E-state index is 0. The van der Waals surface area contributed by atoms with Gasteiger partial charge >= 0.3 is 0 Å². The predicted octanol–water partition coefficient (Wildman–Crippen LogP) is 14.7. The minimum Gasteiger partial charge on any atom is -0.501 e. The van der Waals surface area contributed by atoms with Gasteiger partial charge in [0.15, 0.2) is 0 Å². The normalized spacial score (nSPS) is 13.1. The van der Waals surface area contributed by atoms with E-state index in [1.807, 2.05) is 30.5 Å². The first-order chi connectivity index (χ1) is 33.6. The summed E-state index contributed by atoms with van der Waals surface area (Å²) < 4.78 is 28.7. The zero-order chi connectivity index (χ0) is 52.8. The second kappa shape index (κ2) is 21.6. The number of fused-ring (bicyclic) bond motifs is 3. The van der Waals surface area contributed by atoms with E-state index in [0.717, 1.165) is 44.5 Å². The number of furan rings is 1. The molecule has 0 saturated carbocycles. The Hall–Kier alpha value is -4.65. The van der Waals surface area contributed by atoms with Crippen molar-refractivity contribution in [2.24, 2.45) is 0 Å². The Bertz CT molecular complexity index is 3060. The molecule has 0 amide bonds. The van der Waals surface area contributed by atoms with Crippen molar-refractivity contribution < 1.29 is 28.6 Å². The molecule has 3 aromatic heterocycles. The fourth-order valence-corrected chi connectivity index (χ4v) is 11.9. The van der Waals surface area contributed by atoms with Gasteiger partial charge in [-0.05, 0) is 92.8 Å². The van der Waals surface area contributed by atoms with Crippen LogP contribution in [-0.4, -0.2) is 32.8 Å². The van der Waals surface area contributed by atoms with Gasteiger partial charge in [0, 0.05) is 42.0 Å². The molecule has 70 heavy (non-hydrogen) atoms. The van der Waals surface area contributed by atoms with Gasteiger partial charge in [-0.1, -0.05) is 208 Å². The molecule has 7 heteroatoms. The van der Waals surface area contributed by atoms with Crippen LogP contribution in [0.5, 0.6) is 0 Å². The number of aromatic nitrogens is 2. The van der Waals surface area contributed by atoms with Crippen molar-refractivity contribution in [1.29, 1.82) is 0 Å². The number of benzene rings is 5. The van der Waals surface area contributed by atoms with Gasteiger partial charge in [-0.15, -0.1) is 54.1 Å². The number of rotatable bonds is 11. The van der Waals surface area contributed by atoms with E-state index in [-0.39, 0.29) is 37.8 Å². The monoisotopic (exact) mass is 1140 g/mol. The van der Waals surface area contributed by atoms with E-state index < -0.39 is 23.0 Å². The predicted molar refractivity (Wildman–Crippen MR) is 308 cm³/mol. The second-order valence-electron chi connectivity index (χ2n) is 23.5. The summed E-state index contributed by atoms with van der Waals surface area (Å²) in [5.74, 6) is 1.49. The average molecular weight is 1140 g/mol. The topological polar surface area (TPSA) is 38.9 Å². The summed E-state index contributed by atoms with van der Waals surface area (Å²) in [5, 5.41) is 5.34. The molecule has 0 aliphatic rings. The molecule has 0 aliphatic heterocycles. The van der Waals surface area contributed by atoms with Crippen molar-refractivity contribution in [2.45, 2.75) is 151 Å². The summed E-state index contributed by atoms with van der Waals surface area (Å²) in [4.78, 5) is 8.96. The first kappa shape index (κ1) is 50.3. The molecule has 8 aromatic rings. The van der Waals surface area contributed by atoms with E-state index in [2.05, 4.69) is 193 Å². The molecule has 0 bridgehead atoms. The molecule has 1 radical (unpaired) electrons. The van der Waals surface area contributed by atoms with Gasteiger partial charge < -0.3 is 14.4 Å². The maximum Gasteiger partial charge on any atom is 0.242 e. The Kier molecular flexibility index (Phi) is 15.5. The third-order valence-corrected chi connectivity index (χ3v) is 17.7. The van der Waals surface area contributed by atoms with E-state index in [0.29, 0.717) is 23.7 Å². The number of hydrogen-bond acceptors (Lipinski definition) is 3. The summed E-state index contributed by atoms with van der Waals surface area (Å²) in [6.07, 6.45) is 3.31. The zero-order valence-electron chi connectivity index (χ0n) is 48.0. The third-order valence-electron chi connectivity index (χ3n) is 13.7. The Morgan fingerprint density at radius 2 is 1.17 bits per heavy atom. The molecule has 0 fully saturated rings. The van der Waals surface area contributed by atoms with E-state index in [1.54, 1.807) is 28.6 Å². The summed E-state index contributed by atoms with van der Waals surface area (Å²) >= 11 is 0. The van der Waals surface area contributed by atoms with Crippen LogP contribution in [0.4, 0.5) is 0 Å². The van der Waals surface area contributed by atoms with Crippen LogP contribution in [0.15, 0.2) is 120 Å². The molecule has 3 heterocycles. The molecule has 0 N–H and O–H groups in total. The van der Waals surface area contributed by atoms with Crippen molar-refractivity contribution >= 4 is 71.6 Å². The van der Waals surface area contributed by atoms with E-state index in [1.165, 1.54) is 50.4 Å². The maximum absolute atomic E-state index is 7.23. The van der Waals surface area contributed by atoms with Crippen molar-refractivity contribution in [1.82, 2.24) is 9.97 Å². The van der Waals surface area contributed by atoms with Gasteiger partial charge in [0.2, 0.25) is 6.71 Å². The molecular weight excluding hydrogens is 1060 g/mol. The van der Waals surface area contributed by atoms with Gasteiger partial charge in [-0.3, -0.25) is 0 Å². The summed E-state index contributed by atoms with van der Waals surface area (Å²) in [6, 6.07) is 43.3. The van der Waals surface area contributed by atoms with Gasteiger partial charge in [0.05, 0.1) is 21.7 Å². The molecule has 367 valence electrons. The fraction of sp³-hybridized carbons (Fsp3) is 0.365. The quantitative estimate of drug-likeness (QED) is 0.0957. The molecule has 8 rings (SSSR count). The molecule has 3 nitrogen and oxygen atoms in total. The standard InChI is InChI=1S/C51H67BNOSi2.C12H10N.Ir/c1-31(2)42-27-37(55(12,13)14)28-43(32(3)4)48(42)52(49-44(33(5)6)29-38(56(15,16)17)30-45(49)34(7)8)36-21-22-39-40-19-18-20-41(50(40)54-47(39)26-36)46-25-35(23-24-53-46)51(9,10)11;1-10-7-8-12(13-9-10)11-5-3-2-4-6-11;/h18-19,21-34H,1-17H3;2-5,7-9H,1H3;/q2*-1;/i;1D3;. The van der Waals surface area contributed by atoms with Gasteiger partial charge in [0.1, 0.15) is 5.58 Å². The van der Waals surface area contributed by atoms with Gasteiger partial charge in [0.25, 0.3) is 0 Å². The molecule has 0 atom stereocenters. The second-order valence-corrected chi connectivity index (χ2v) is 33.7. The average Bonchev–Trinajstić information content (AvgIpc) is 3.69. The minimum atomic E-state index is -2.09. The third kappa shape index (κ3) is 11.8. The Labute approximate surface area is 442 Å². The van der Waals surface area contributed by atoms with Crippen LogP contribution in [0, 0.1) is 19.0 Å². The van der Waals surface area contributed by atoms with E-state index in [9.17, 15) is 0 Å². The van der Waals surface area contributed by atoms with Crippen molar-refractivity contribution in [3.05, 3.63) is 161 Å². The Balaban J connectivity index is 0.000000433. The van der Waals surface area contributed by atoms with Crippen molar-refractivity contribution in [3.8, 4) is 22.5 Å². The van der Waals surface area contributed by atoms with E-state index in [4.69, 9.17) is 13.5 Å². The Morgan fingerprint density at radius 3 is 1.63 bits per heavy atom.